The Morgan fingerprint density at radius 2 is 1.93 bits per heavy atom. The Hall–Kier alpha value is -0.792. The average molecular weight is 750 g/mol. The molecule has 0 atom stereocenters. The van der Waals surface area contributed by atoms with Crippen molar-refractivity contribution in [3.63, 3.8) is 0 Å². The average Bonchev–Trinajstić information content (AvgIpc) is 2.93. The molecule has 3 rings (SSSR count). The van der Waals surface area contributed by atoms with Gasteiger partial charge >= 0.3 is 0 Å². The van der Waals surface area contributed by atoms with Crippen LogP contribution >= 0.6 is 12.0 Å². The largest absolute Gasteiger partial charge is 0.881 e. The van der Waals surface area contributed by atoms with Gasteiger partial charge in [-0.3, -0.25) is 4.55 Å². The van der Waals surface area contributed by atoms with Crippen LogP contribution in [0.4, 0.5) is 11.4 Å². The third kappa shape index (κ3) is 11.3. The molecule has 0 saturated carbocycles. The zero-order chi connectivity index (χ0) is 28.4. The van der Waals surface area contributed by atoms with Gasteiger partial charge in [-0.1, -0.05) is 53.3 Å². The van der Waals surface area contributed by atoms with Gasteiger partial charge in [0.05, 0.1) is 0 Å². The molecule has 0 fully saturated rings. The number of Topliss-reactive ketones (excluding diaryl/α,β-unsaturated/α-hetero) is 1. The summed E-state index contributed by atoms with van der Waals surface area (Å²) in [5, 5.41) is 24.5. The summed E-state index contributed by atoms with van der Waals surface area (Å²) in [6.07, 6.45) is 8.32. The molecule has 10 nitrogen and oxygen atoms in total. The number of rotatable bonds is 15. The van der Waals surface area contributed by atoms with Crippen LogP contribution in [0.15, 0.2) is 69.2 Å². The summed E-state index contributed by atoms with van der Waals surface area (Å²) in [4.78, 5) is 14.9. The summed E-state index contributed by atoms with van der Waals surface area (Å²) in [6.45, 7) is 4.43. The fourth-order valence-corrected chi connectivity index (χ4v) is 4.48. The van der Waals surface area contributed by atoms with Gasteiger partial charge in [-0.05, 0) is 23.5 Å². The van der Waals surface area contributed by atoms with E-state index in [1.165, 1.54) is 24.3 Å². The molecule has 2 N–H and O–H groups in total. The van der Waals surface area contributed by atoms with Crippen molar-refractivity contribution in [3.8, 4) is 0 Å². The normalized spacial score (nSPS) is 14.4. The molecule has 0 aromatic heterocycles. The molecule has 0 aliphatic heterocycles. The predicted octanol–water partition coefficient (Wildman–Crippen LogP) is 3.94. The van der Waals surface area contributed by atoms with E-state index in [1.807, 2.05) is 4.90 Å². The first-order chi connectivity index (χ1) is 18.7. The van der Waals surface area contributed by atoms with Crippen LogP contribution in [0.2, 0.25) is 0 Å². The van der Waals surface area contributed by atoms with Crippen molar-refractivity contribution in [1.29, 1.82) is 0 Å². The molecular formula is C27H28N2O8S2Y2-4. The van der Waals surface area contributed by atoms with E-state index in [1.54, 1.807) is 36.4 Å². The summed E-state index contributed by atoms with van der Waals surface area (Å²) in [5.41, 5.74) is 1.36. The van der Waals surface area contributed by atoms with Crippen LogP contribution in [0, 0.1) is 18.7 Å². The maximum Gasteiger partial charge on any atom is 0.246 e. The molecule has 0 saturated heterocycles. The number of nitrogens with zero attached hydrogens (tertiary/aromatic N) is 2. The molecule has 0 bridgehead atoms. The van der Waals surface area contributed by atoms with E-state index >= 15 is 0 Å². The number of ketones is 1. The molecule has 1 aliphatic carbocycles. The maximum absolute atomic E-state index is 12.7. The van der Waals surface area contributed by atoms with Crippen molar-refractivity contribution in [3.05, 3.63) is 78.1 Å². The second kappa shape index (κ2) is 18.8. The van der Waals surface area contributed by atoms with Gasteiger partial charge in [-0.25, -0.2) is 20.2 Å². The van der Waals surface area contributed by atoms with Crippen LogP contribution in [-0.2, 0) is 89.7 Å². The molecule has 2 radical (unpaired) electrons. The SMILES string of the molecule is CCCCCCN([CH-]CC1=C([O-])/C(=C\[C-]=[N+](C)c2[c-]cc(SOOO)cc2)C1=O)c1[c-]cc(S(=O)(=O)O)cc1.[Y].[Y]. The standard InChI is InChI=1S/C27H29N2O8S2.2Y/c1-3-4-5-6-17-29(21-9-13-23(14-10-21)39(33,34)35)19-16-25-26(30)24(27(25)31)15-18-28(2)20-7-11-22(12-8-20)38-37-36-32;;/h7,9,11-15,19,30,32H,3-6,16-17H2,1-2H3,(H,33,34,35);;/q-3;;/p-1/b24-15+;;. The topological polar surface area (TPSA) is 139 Å². The molecule has 14 heteroatoms. The molecule has 0 unspecified atom stereocenters. The first-order valence-electron chi connectivity index (χ1n) is 12.1. The van der Waals surface area contributed by atoms with Crippen molar-refractivity contribution in [2.45, 2.75) is 48.8 Å². The minimum Gasteiger partial charge on any atom is -0.881 e. The summed E-state index contributed by atoms with van der Waals surface area (Å²) in [7, 11) is -2.65. The summed E-state index contributed by atoms with van der Waals surface area (Å²) in [5.74, 6) is -0.712. The van der Waals surface area contributed by atoms with Crippen molar-refractivity contribution >= 4 is 45.5 Å². The summed E-state index contributed by atoms with van der Waals surface area (Å²) < 4.78 is 37.8. The number of hydrogen-bond donors (Lipinski definition) is 2. The van der Waals surface area contributed by atoms with Crippen LogP contribution < -0.4 is 10.0 Å². The van der Waals surface area contributed by atoms with E-state index in [9.17, 15) is 22.9 Å². The van der Waals surface area contributed by atoms with Crippen molar-refractivity contribution in [1.82, 2.24) is 0 Å². The van der Waals surface area contributed by atoms with Crippen LogP contribution in [0.5, 0.6) is 0 Å². The van der Waals surface area contributed by atoms with Gasteiger partial charge < -0.3 is 19.4 Å². The van der Waals surface area contributed by atoms with Crippen molar-refractivity contribution in [2.24, 2.45) is 0 Å². The molecule has 0 spiro atoms. The minimum atomic E-state index is -4.34. The van der Waals surface area contributed by atoms with E-state index < -0.39 is 10.1 Å². The maximum atomic E-state index is 12.7. The first kappa shape index (κ1) is 38.2. The number of anilines is 1. The van der Waals surface area contributed by atoms with Crippen LogP contribution in [0.3, 0.4) is 0 Å². The van der Waals surface area contributed by atoms with Gasteiger partial charge in [0.1, 0.15) is 19.0 Å². The number of unbranched alkanes of at least 4 members (excludes halogenated alkanes) is 3. The molecule has 0 amide bonds. The van der Waals surface area contributed by atoms with E-state index in [0.717, 1.165) is 37.7 Å². The molecular weight excluding hydrogens is 722 g/mol. The Labute approximate surface area is 295 Å². The van der Waals surface area contributed by atoms with Gasteiger partial charge in [0.2, 0.25) is 10.1 Å². The fraction of sp³-hybridized carbons (Fsp3) is 0.296. The second-order valence-electron chi connectivity index (χ2n) is 8.54. The quantitative estimate of drug-likeness (QED) is 0.0317. The molecule has 2 aromatic rings. The van der Waals surface area contributed by atoms with Gasteiger partial charge in [0, 0.05) is 77.5 Å². The second-order valence-corrected chi connectivity index (χ2v) is 10.7. The Morgan fingerprint density at radius 1 is 1.17 bits per heavy atom. The Kier molecular flexibility index (Phi) is 17.5. The Balaban J connectivity index is 0.00000420. The Bertz CT molecular complexity index is 1350. The monoisotopic (exact) mass is 750 g/mol. The first-order valence-corrected chi connectivity index (χ1v) is 14.2. The molecule has 0 heterocycles. The molecule has 41 heavy (non-hydrogen) atoms. The van der Waals surface area contributed by atoms with Gasteiger partial charge in [0.25, 0.3) is 0 Å². The number of carbonyl (C=O) groups excluding carboxylic acids is 1. The van der Waals surface area contributed by atoms with Gasteiger partial charge in [-0.15, -0.1) is 22.5 Å². The van der Waals surface area contributed by atoms with Gasteiger partial charge in [0.15, 0.2) is 0 Å². The predicted molar refractivity (Wildman–Crippen MR) is 142 cm³/mol. The third-order valence-electron chi connectivity index (χ3n) is 5.87. The van der Waals surface area contributed by atoms with Gasteiger partial charge in [-0.2, -0.15) is 48.2 Å². The summed E-state index contributed by atoms with van der Waals surface area (Å²) >= 11 is 0.796. The van der Waals surface area contributed by atoms with E-state index in [0.29, 0.717) is 22.8 Å². The number of carbonyl (C=O) groups is 1. The van der Waals surface area contributed by atoms with Crippen molar-refractivity contribution < 1.29 is 107 Å². The smallest absolute Gasteiger partial charge is 0.246 e. The van der Waals surface area contributed by atoms with Crippen LogP contribution in [0.1, 0.15) is 39.0 Å². The molecule has 2 aromatic carbocycles. The fourth-order valence-electron chi connectivity index (χ4n) is 3.70. The van der Waals surface area contributed by atoms with Crippen LogP contribution in [0.25, 0.3) is 0 Å². The zero-order valence-electron chi connectivity index (χ0n) is 22.6. The summed E-state index contributed by atoms with van der Waals surface area (Å²) in [6, 6.07) is 14.8. The zero-order valence-corrected chi connectivity index (χ0v) is 29.9. The van der Waals surface area contributed by atoms with E-state index in [2.05, 4.69) is 34.6 Å². The molecule has 216 valence electrons. The minimum absolute atomic E-state index is 0. The van der Waals surface area contributed by atoms with E-state index in [-0.39, 0.29) is 99.4 Å². The number of benzene rings is 2. The Morgan fingerprint density at radius 3 is 2.49 bits per heavy atom. The molecule has 1 aliphatic rings. The third-order valence-corrected chi connectivity index (χ3v) is 7.30. The van der Waals surface area contributed by atoms with E-state index in [4.69, 9.17) is 5.26 Å². The number of hydrogen-bond acceptors (Lipinski definition) is 9. The number of allylic oxidation sites excluding steroid dienone is 2. The van der Waals surface area contributed by atoms with Crippen molar-refractivity contribution in [2.75, 3.05) is 18.5 Å². The van der Waals surface area contributed by atoms with Crippen LogP contribution in [-0.4, -0.2) is 48.4 Å².